The Kier molecular flexibility index (Phi) is 3.47. The zero-order valence-electron chi connectivity index (χ0n) is 9.62. The van der Waals surface area contributed by atoms with Gasteiger partial charge >= 0.3 is 12.0 Å². The Balaban J connectivity index is 2.19. The molecule has 0 radical (unpaired) electrons. The number of ether oxygens (including phenoxy) is 2. The SMILES string of the molecule is CCOc1ccccc1Oc1nc(C(=O)O)co1. The summed E-state index contributed by atoms with van der Waals surface area (Å²) in [7, 11) is 0. The molecule has 0 aliphatic heterocycles. The second-order valence-electron chi connectivity index (χ2n) is 3.29. The molecule has 0 bridgehead atoms. The Morgan fingerprint density at radius 3 is 2.72 bits per heavy atom. The summed E-state index contributed by atoms with van der Waals surface area (Å²) in [6.07, 6.45) is 0.876. The highest BCUT2D eigenvalue weighted by atomic mass is 16.6. The van der Waals surface area contributed by atoms with E-state index in [1.54, 1.807) is 24.3 Å². The standard InChI is InChI=1S/C12H11NO5/c1-2-16-9-5-3-4-6-10(9)18-12-13-8(7-17-12)11(14)15/h3-7H,2H2,1H3,(H,14,15). The number of oxazole rings is 1. The smallest absolute Gasteiger partial charge is 0.400 e. The van der Waals surface area contributed by atoms with Gasteiger partial charge in [-0.1, -0.05) is 12.1 Å². The Morgan fingerprint density at radius 1 is 1.39 bits per heavy atom. The molecule has 2 aromatic rings. The molecule has 18 heavy (non-hydrogen) atoms. The number of carboxylic acids is 1. The molecule has 1 N–H and O–H groups in total. The van der Waals surface area contributed by atoms with Crippen molar-refractivity contribution in [1.82, 2.24) is 4.98 Å². The van der Waals surface area contributed by atoms with Crippen LogP contribution < -0.4 is 9.47 Å². The minimum Gasteiger partial charge on any atom is -0.490 e. The highest BCUT2D eigenvalue weighted by Crippen LogP contribution is 2.30. The average Bonchev–Trinajstić information content (AvgIpc) is 2.81. The van der Waals surface area contributed by atoms with Gasteiger partial charge in [-0.2, -0.15) is 4.98 Å². The lowest BCUT2D eigenvalue weighted by atomic mass is 10.3. The van der Waals surface area contributed by atoms with Gasteiger partial charge in [0.15, 0.2) is 17.2 Å². The highest BCUT2D eigenvalue weighted by Gasteiger charge is 2.13. The van der Waals surface area contributed by atoms with Crippen LogP contribution in [0, 0.1) is 0 Å². The molecule has 0 saturated heterocycles. The van der Waals surface area contributed by atoms with E-state index in [0.29, 0.717) is 18.1 Å². The Hall–Kier alpha value is -2.50. The fourth-order valence-electron chi connectivity index (χ4n) is 1.31. The predicted octanol–water partition coefficient (Wildman–Crippen LogP) is 2.56. The van der Waals surface area contributed by atoms with Crippen molar-refractivity contribution in [3.8, 4) is 17.6 Å². The van der Waals surface area contributed by atoms with Crippen LogP contribution in [-0.2, 0) is 0 Å². The van der Waals surface area contributed by atoms with Gasteiger partial charge in [0.05, 0.1) is 6.61 Å². The largest absolute Gasteiger partial charge is 0.490 e. The molecule has 0 amide bonds. The molecule has 6 nitrogen and oxygen atoms in total. The number of benzene rings is 1. The van der Waals surface area contributed by atoms with Gasteiger partial charge in [-0.05, 0) is 19.1 Å². The summed E-state index contributed by atoms with van der Waals surface area (Å²) in [6.45, 7) is 2.34. The highest BCUT2D eigenvalue weighted by molar-refractivity contribution is 5.84. The summed E-state index contributed by atoms with van der Waals surface area (Å²) < 4.78 is 15.6. The van der Waals surface area contributed by atoms with Crippen LogP contribution in [0.1, 0.15) is 17.4 Å². The zero-order chi connectivity index (χ0) is 13.0. The van der Waals surface area contributed by atoms with Crippen molar-refractivity contribution in [2.75, 3.05) is 6.61 Å². The Bertz CT molecular complexity index is 549. The molecular weight excluding hydrogens is 238 g/mol. The monoisotopic (exact) mass is 249 g/mol. The van der Waals surface area contributed by atoms with E-state index in [1.807, 2.05) is 6.92 Å². The number of hydrogen-bond acceptors (Lipinski definition) is 5. The predicted molar refractivity (Wildman–Crippen MR) is 61.1 cm³/mol. The normalized spacial score (nSPS) is 10.1. The van der Waals surface area contributed by atoms with Crippen LogP contribution in [0.3, 0.4) is 0 Å². The van der Waals surface area contributed by atoms with Gasteiger partial charge in [0.1, 0.15) is 6.26 Å². The summed E-state index contributed by atoms with van der Waals surface area (Å²) in [6, 6.07) is 6.98. The average molecular weight is 249 g/mol. The maximum absolute atomic E-state index is 10.6. The van der Waals surface area contributed by atoms with Crippen LogP contribution in [0.25, 0.3) is 0 Å². The van der Waals surface area contributed by atoms with Crippen LogP contribution in [0.2, 0.25) is 0 Å². The first kappa shape index (κ1) is 12.0. The number of hydrogen-bond donors (Lipinski definition) is 1. The second kappa shape index (κ2) is 5.22. The molecule has 0 saturated carbocycles. The first-order valence-electron chi connectivity index (χ1n) is 5.29. The second-order valence-corrected chi connectivity index (χ2v) is 3.29. The third-order valence-electron chi connectivity index (χ3n) is 2.05. The first-order valence-corrected chi connectivity index (χ1v) is 5.29. The van der Waals surface area contributed by atoms with Crippen molar-refractivity contribution < 1.29 is 23.8 Å². The summed E-state index contributed by atoms with van der Waals surface area (Å²) >= 11 is 0. The maximum Gasteiger partial charge on any atom is 0.400 e. The lowest BCUT2D eigenvalue weighted by molar-refractivity contribution is 0.0690. The molecule has 0 fully saturated rings. The van der Waals surface area contributed by atoms with Gasteiger partial charge < -0.3 is 19.0 Å². The van der Waals surface area contributed by atoms with Crippen molar-refractivity contribution >= 4 is 5.97 Å². The molecule has 1 aromatic carbocycles. The van der Waals surface area contributed by atoms with E-state index in [4.69, 9.17) is 19.0 Å². The number of aromatic nitrogens is 1. The topological polar surface area (TPSA) is 81.8 Å². The van der Waals surface area contributed by atoms with Gasteiger partial charge in [-0.15, -0.1) is 0 Å². The molecule has 94 valence electrons. The molecule has 0 aliphatic rings. The van der Waals surface area contributed by atoms with Gasteiger partial charge in [-0.3, -0.25) is 0 Å². The van der Waals surface area contributed by atoms with Gasteiger partial charge in [0, 0.05) is 0 Å². The van der Waals surface area contributed by atoms with Crippen molar-refractivity contribution in [3.63, 3.8) is 0 Å². The number of carbonyl (C=O) groups is 1. The van der Waals surface area contributed by atoms with Crippen LogP contribution >= 0.6 is 0 Å². The van der Waals surface area contributed by atoms with E-state index in [9.17, 15) is 4.79 Å². The van der Waals surface area contributed by atoms with Crippen molar-refractivity contribution in [1.29, 1.82) is 0 Å². The number of para-hydroxylation sites is 2. The zero-order valence-corrected chi connectivity index (χ0v) is 9.62. The van der Waals surface area contributed by atoms with Crippen molar-refractivity contribution in [3.05, 3.63) is 36.2 Å². The van der Waals surface area contributed by atoms with Gasteiger partial charge in [0.25, 0.3) is 0 Å². The molecule has 1 heterocycles. The van der Waals surface area contributed by atoms with E-state index in [0.717, 1.165) is 6.26 Å². The first-order chi connectivity index (χ1) is 8.70. The number of nitrogens with zero attached hydrogens (tertiary/aromatic N) is 1. The third-order valence-corrected chi connectivity index (χ3v) is 2.05. The molecule has 2 rings (SSSR count). The van der Waals surface area contributed by atoms with Crippen molar-refractivity contribution in [2.45, 2.75) is 6.92 Å². The van der Waals surface area contributed by atoms with Gasteiger partial charge in [0.2, 0.25) is 0 Å². The molecule has 0 atom stereocenters. The van der Waals surface area contributed by atoms with Crippen LogP contribution in [0.4, 0.5) is 0 Å². The van der Waals surface area contributed by atoms with Crippen LogP contribution in [0.5, 0.6) is 17.6 Å². The van der Waals surface area contributed by atoms with E-state index >= 15 is 0 Å². The number of rotatable bonds is 5. The molecule has 6 heteroatoms. The Morgan fingerprint density at radius 2 is 2.11 bits per heavy atom. The van der Waals surface area contributed by atoms with E-state index in [1.165, 1.54) is 0 Å². The molecule has 0 unspecified atom stereocenters. The molecule has 0 aliphatic carbocycles. The summed E-state index contributed by atoms with van der Waals surface area (Å²) in [4.78, 5) is 14.3. The fourth-order valence-corrected chi connectivity index (χ4v) is 1.31. The van der Waals surface area contributed by atoms with Crippen molar-refractivity contribution in [2.24, 2.45) is 0 Å². The number of aromatic carboxylic acids is 1. The quantitative estimate of drug-likeness (QED) is 0.876. The molecular formula is C12H11NO5. The van der Waals surface area contributed by atoms with E-state index < -0.39 is 5.97 Å². The molecule has 1 aromatic heterocycles. The summed E-state index contributed by atoms with van der Waals surface area (Å²) in [5, 5.41) is 8.70. The lowest BCUT2D eigenvalue weighted by Crippen LogP contribution is -1.97. The van der Waals surface area contributed by atoms with Crippen LogP contribution in [-0.4, -0.2) is 22.7 Å². The Labute approximate surface area is 103 Å². The fraction of sp³-hybridized carbons (Fsp3) is 0.167. The van der Waals surface area contributed by atoms with E-state index in [-0.39, 0.29) is 11.8 Å². The summed E-state index contributed by atoms with van der Waals surface area (Å²) in [5.41, 5.74) is -0.209. The lowest BCUT2D eigenvalue weighted by Gasteiger charge is -2.07. The number of carboxylic acid groups (broad SMARTS) is 1. The van der Waals surface area contributed by atoms with Crippen LogP contribution in [0.15, 0.2) is 34.9 Å². The maximum atomic E-state index is 10.6. The van der Waals surface area contributed by atoms with E-state index in [2.05, 4.69) is 4.98 Å². The van der Waals surface area contributed by atoms with Gasteiger partial charge in [-0.25, -0.2) is 4.79 Å². The third kappa shape index (κ3) is 2.60. The molecule has 0 spiro atoms. The minimum absolute atomic E-state index is 0.139. The minimum atomic E-state index is -1.17. The summed E-state index contributed by atoms with van der Waals surface area (Å²) in [5.74, 6) is -0.222.